The predicted octanol–water partition coefficient (Wildman–Crippen LogP) is 1.63. The fraction of sp³-hybridized carbons (Fsp3) is 0.588. The number of carbonyl (C=O) groups is 1. The molecule has 0 aliphatic carbocycles. The summed E-state index contributed by atoms with van der Waals surface area (Å²) in [6, 6.07) is 1.70. The highest BCUT2D eigenvalue weighted by atomic mass is 16.5. The predicted molar refractivity (Wildman–Crippen MR) is 90.6 cm³/mol. The van der Waals surface area contributed by atoms with Crippen LogP contribution in [0.4, 0.5) is 4.79 Å². The van der Waals surface area contributed by atoms with Crippen molar-refractivity contribution in [2.75, 3.05) is 13.1 Å². The van der Waals surface area contributed by atoms with E-state index in [1.54, 1.807) is 11.1 Å². The number of carbonyl (C=O) groups excluding carboxylic acids is 1. The van der Waals surface area contributed by atoms with Crippen LogP contribution in [0.15, 0.2) is 23.0 Å². The average Bonchev–Trinajstić information content (AvgIpc) is 3.27. The Morgan fingerprint density at radius 3 is 3.08 bits per heavy atom. The maximum Gasteiger partial charge on any atom is 0.317 e. The molecule has 3 rings (SSSR count). The summed E-state index contributed by atoms with van der Waals surface area (Å²) in [5, 5.41) is 17.4. The van der Waals surface area contributed by atoms with Crippen LogP contribution in [0.25, 0.3) is 0 Å². The number of hydrogen-bond acceptors (Lipinski definition) is 5. The van der Waals surface area contributed by atoms with Crippen molar-refractivity contribution in [3.63, 3.8) is 0 Å². The Kier molecular flexibility index (Phi) is 5.37. The summed E-state index contributed by atoms with van der Waals surface area (Å²) in [7, 11) is 1.86. The molecule has 8 nitrogen and oxygen atoms in total. The number of imidazole rings is 1. The zero-order chi connectivity index (χ0) is 17.8. The molecule has 2 N–H and O–H groups in total. The first kappa shape index (κ1) is 17.5. The van der Waals surface area contributed by atoms with E-state index in [0.29, 0.717) is 31.2 Å². The van der Waals surface area contributed by atoms with Gasteiger partial charge in [-0.2, -0.15) is 0 Å². The zero-order valence-corrected chi connectivity index (χ0v) is 14.7. The molecule has 0 aromatic carbocycles. The minimum absolute atomic E-state index is 0.0161. The Hall–Kier alpha value is -2.35. The summed E-state index contributed by atoms with van der Waals surface area (Å²) < 4.78 is 7.00. The molecule has 1 aliphatic heterocycles. The minimum atomic E-state index is -0.669. The molecule has 2 atom stereocenters. The van der Waals surface area contributed by atoms with Crippen molar-refractivity contribution >= 4 is 6.03 Å². The summed E-state index contributed by atoms with van der Waals surface area (Å²) >= 11 is 0. The smallest absolute Gasteiger partial charge is 0.317 e. The Morgan fingerprint density at radius 2 is 2.40 bits per heavy atom. The fourth-order valence-corrected chi connectivity index (χ4v) is 3.21. The molecule has 0 unspecified atom stereocenters. The van der Waals surface area contributed by atoms with E-state index >= 15 is 0 Å². The maximum absolute atomic E-state index is 12.4. The maximum atomic E-state index is 12.4. The fourth-order valence-electron chi connectivity index (χ4n) is 3.21. The third-order valence-corrected chi connectivity index (χ3v) is 4.70. The Balaban J connectivity index is 1.55. The van der Waals surface area contributed by atoms with Crippen LogP contribution in [0, 0.1) is 5.92 Å². The second kappa shape index (κ2) is 7.69. The van der Waals surface area contributed by atoms with E-state index in [0.717, 1.165) is 25.0 Å². The molecule has 2 amide bonds. The molecule has 1 fully saturated rings. The second-order valence-corrected chi connectivity index (χ2v) is 6.49. The average molecular weight is 347 g/mol. The summed E-state index contributed by atoms with van der Waals surface area (Å²) in [5.41, 5.74) is 0.875. The van der Waals surface area contributed by atoms with Gasteiger partial charge in [0.15, 0.2) is 5.76 Å². The zero-order valence-electron chi connectivity index (χ0n) is 14.7. The third kappa shape index (κ3) is 4.01. The molecule has 136 valence electrons. The van der Waals surface area contributed by atoms with Crippen molar-refractivity contribution in [1.29, 1.82) is 0 Å². The number of amides is 2. The molecule has 2 aromatic rings. The molecule has 0 radical (unpaired) electrons. The van der Waals surface area contributed by atoms with E-state index in [4.69, 9.17) is 4.52 Å². The molecule has 2 aromatic heterocycles. The lowest BCUT2D eigenvalue weighted by Gasteiger charge is -2.34. The number of likely N-dealkylation sites (tertiary alicyclic amines) is 1. The topological polar surface area (TPSA) is 96.4 Å². The van der Waals surface area contributed by atoms with Crippen molar-refractivity contribution in [3.05, 3.63) is 35.7 Å². The van der Waals surface area contributed by atoms with Gasteiger partial charge in [-0.05, 0) is 19.3 Å². The van der Waals surface area contributed by atoms with Crippen LogP contribution in [0.5, 0.6) is 0 Å². The molecule has 0 bridgehead atoms. The molecule has 1 saturated heterocycles. The van der Waals surface area contributed by atoms with E-state index in [1.807, 2.05) is 30.8 Å². The summed E-state index contributed by atoms with van der Waals surface area (Å²) in [6.45, 7) is 3.51. The molecule has 25 heavy (non-hydrogen) atoms. The number of aryl methyl sites for hydroxylation is 2. The van der Waals surface area contributed by atoms with Crippen LogP contribution in [0.3, 0.4) is 0 Å². The number of aromatic nitrogens is 3. The van der Waals surface area contributed by atoms with Crippen molar-refractivity contribution in [2.45, 2.75) is 38.8 Å². The molecule has 0 spiro atoms. The highest BCUT2D eigenvalue weighted by Crippen LogP contribution is 2.28. The van der Waals surface area contributed by atoms with E-state index < -0.39 is 6.10 Å². The number of nitrogens with zero attached hydrogens (tertiary/aromatic N) is 4. The van der Waals surface area contributed by atoms with E-state index in [-0.39, 0.29) is 11.9 Å². The van der Waals surface area contributed by atoms with Crippen molar-refractivity contribution in [1.82, 2.24) is 24.9 Å². The summed E-state index contributed by atoms with van der Waals surface area (Å²) in [6.07, 6.45) is 5.36. The summed E-state index contributed by atoms with van der Waals surface area (Å²) in [4.78, 5) is 18.4. The van der Waals surface area contributed by atoms with Gasteiger partial charge in [-0.1, -0.05) is 12.1 Å². The van der Waals surface area contributed by atoms with Gasteiger partial charge in [0, 0.05) is 44.5 Å². The lowest BCUT2D eigenvalue weighted by atomic mass is 9.92. The molecular formula is C17H25N5O3. The first-order valence-electron chi connectivity index (χ1n) is 8.71. The number of rotatable bonds is 5. The van der Waals surface area contributed by atoms with E-state index in [2.05, 4.69) is 15.5 Å². The van der Waals surface area contributed by atoms with Gasteiger partial charge in [0.1, 0.15) is 11.9 Å². The van der Waals surface area contributed by atoms with Gasteiger partial charge in [-0.25, -0.2) is 9.78 Å². The van der Waals surface area contributed by atoms with Crippen molar-refractivity contribution in [3.8, 4) is 0 Å². The number of hydrogen-bond donors (Lipinski definition) is 2. The van der Waals surface area contributed by atoms with Gasteiger partial charge >= 0.3 is 6.03 Å². The first-order valence-corrected chi connectivity index (χ1v) is 8.71. The van der Waals surface area contributed by atoms with Crippen molar-refractivity contribution in [2.24, 2.45) is 13.0 Å². The highest BCUT2D eigenvalue weighted by Gasteiger charge is 2.31. The monoisotopic (exact) mass is 347 g/mol. The van der Waals surface area contributed by atoms with Gasteiger partial charge in [-0.15, -0.1) is 0 Å². The molecule has 1 aliphatic rings. The van der Waals surface area contributed by atoms with E-state index in [1.165, 1.54) is 0 Å². The quantitative estimate of drug-likeness (QED) is 0.857. The third-order valence-electron chi connectivity index (χ3n) is 4.70. The Bertz CT molecular complexity index is 711. The van der Waals surface area contributed by atoms with Gasteiger partial charge in [0.25, 0.3) is 0 Å². The molecule has 0 saturated carbocycles. The number of piperidine rings is 1. The van der Waals surface area contributed by atoms with Crippen LogP contribution in [0.1, 0.15) is 43.1 Å². The van der Waals surface area contributed by atoms with E-state index in [9.17, 15) is 9.90 Å². The van der Waals surface area contributed by atoms with Gasteiger partial charge in [-0.3, -0.25) is 0 Å². The Labute approximate surface area is 146 Å². The molecular weight excluding hydrogens is 322 g/mol. The van der Waals surface area contributed by atoms with Crippen LogP contribution in [0.2, 0.25) is 0 Å². The Morgan fingerprint density at radius 1 is 1.56 bits per heavy atom. The number of urea groups is 1. The largest absolute Gasteiger partial charge is 0.385 e. The number of aliphatic hydroxyl groups excluding tert-OH is 1. The van der Waals surface area contributed by atoms with Crippen LogP contribution in [-0.4, -0.2) is 43.8 Å². The molecule has 3 heterocycles. The van der Waals surface area contributed by atoms with Gasteiger partial charge < -0.3 is 24.4 Å². The number of nitrogens with one attached hydrogen (secondary N) is 1. The lowest BCUT2D eigenvalue weighted by molar-refractivity contribution is 0.0531. The van der Waals surface area contributed by atoms with Crippen molar-refractivity contribution < 1.29 is 14.4 Å². The summed E-state index contributed by atoms with van der Waals surface area (Å²) in [5.74, 6) is 1.27. The molecule has 8 heteroatoms. The standard InChI is InChI=1S/C17H25N5O3/c1-3-13-9-14(25-20-13)10-19-17(24)22-7-4-5-12(11-22)15(23)16-18-6-8-21(16)2/h6,8-9,12,15,23H,3-5,7,10-11H2,1-2H3,(H,19,24)/t12-,15-/m0/s1. The minimum Gasteiger partial charge on any atom is -0.385 e. The van der Waals surface area contributed by atoms with Crippen LogP contribution < -0.4 is 5.32 Å². The van der Waals surface area contributed by atoms with Crippen LogP contribution >= 0.6 is 0 Å². The SMILES string of the molecule is CCc1cc(CNC(=O)N2CCC[C@H]([C@H](O)c3nccn3C)C2)on1. The van der Waals surface area contributed by atoms with Crippen LogP contribution in [-0.2, 0) is 20.0 Å². The number of aliphatic hydroxyl groups is 1. The second-order valence-electron chi connectivity index (χ2n) is 6.49. The first-order chi connectivity index (χ1) is 12.1. The normalized spacial score (nSPS) is 19.0. The highest BCUT2D eigenvalue weighted by molar-refractivity contribution is 5.74. The van der Waals surface area contributed by atoms with Gasteiger partial charge in [0.05, 0.1) is 12.2 Å². The van der Waals surface area contributed by atoms with Gasteiger partial charge in [0.2, 0.25) is 0 Å². The lowest BCUT2D eigenvalue weighted by Crippen LogP contribution is -2.46.